The Morgan fingerprint density at radius 1 is 0.692 bits per heavy atom. The van der Waals surface area contributed by atoms with E-state index in [0.717, 1.165) is 40.7 Å². The van der Waals surface area contributed by atoms with Gasteiger partial charge in [-0.1, -0.05) is 6.07 Å². The van der Waals surface area contributed by atoms with Crippen LogP contribution in [-0.2, 0) is 13.1 Å². The van der Waals surface area contributed by atoms with Gasteiger partial charge in [-0.15, -0.1) is 0 Å². The summed E-state index contributed by atoms with van der Waals surface area (Å²) in [6.07, 6.45) is 1.90. The number of hydrogen-bond acceptors (Lipinski definition) is 5. The van der Waals surface area contributed by atoms with E-state index in [1.807, 2.05) is 60.8 Å². The third kappa shape index (κ3) is 4.89. The highest BCUT2D eigenvalue weighted by molar-refractivity contribution is 5.47. The predicted octanol–water partition coefficient (Wildman–Crippen LogP) is 4.32. The Labute approximate surface area is 154 Å². The summed E-state index contributed by atoms with van der Waals surface area (Å²) in [6, 6.07) is 19.9. The first-order chi connectivity index (χ1) is 12.8. The first-order valence-corrected chi connectivity index (χ1v) is 8.46. The summed E-state index contributed by atoms with van der Waals surface area (Å²) in [5.41, 5.74) is 4.22. The van der Waals surface area contributed by atoms with Crippen LogP contribution in [0.1, 0.15) is 11.3 Å². The zero-order valence-corrected chi connectivity index (χ0v) is 15.0. The van der Waals surface area contributed by atoms with Crippen molar-refractivity contribution in [1.29, 1.82) is 0 Å². The number of aromatic nitrogens is 1. The van der Waals surface area contributed by atoms with Gasteiger partial charge < -0.3 is 20.1 Å². The number of benzene rings is 2. The molecule has 0 aliphatic carbocycles. The van der Waals surface area contributed by atoms with E-state index in [2.05, 4.69) is 21.7 Å². The van der Waals surface area contributed by atoms with Crippen LogP contribution in [0.15, 0.2) is 66.9 Å². The lowest BCUT2D eigenvalue weighted by Gasteiger charge is -2.09. The quantitative estimate of drug-likeness (QED) is 0.634. The van der Waals surface area contributed by atoms with Crippen LogP contribution in [0.25, 0.3) is 0 Å². The normalized spacial score (nSPS) is 10.2. The lowest BCUT2D eigenvalue weighted by atomic mass is 10.2. The van der Waals surface area contributed by atoms with Crippen LogP contribution in [0.5, 0.6) is 11.5 Å². The lowest BCUT2D eigenvalue weighted by molar-refractivity contribution is 0.415. The zero-order chi connectivity index (χ0) is 18.2. The van der Waals surface area contributed by atoms with Crippen molar-refractivity contribution in [3.63, 3.8) is 0 Å². The first kappa shape index (κ1) is 17.6. The van der Waals surface area contributed by atoms with E-state index in [9.17, 15) is 0 Å². The maximum atomic E-state index is 5.16. The molecule has 2 N–H and O–H groups in total. The molecule has 5 heteroatoms. The Morgan fingerprint density at radius 3 is 1.69 bits per heavy atom. The summed E-state index contributed by atoms with van der Waals surface area (Å²) >= 11 is 0. The van der Waals surface area contributed by atoms with Crippen molar-refractivity contribution in [3.05, 3.63) is 78.1 Å². The van der Waals surface area contributed by atoms with Gasteiger partial charge in [-0.2, -0.15) is 0 Å². The Balaban J connectivity index is 1.49. The van der Waals surface area contributed by atoms with E-state index in [1.165, 1.54) is 0 Å². The highest BCUT2D eigenvalue weighted by atomic mass is 16.5. The fraction of sp³-hybridized carbons (Fsp3) is 0.190. The van der Waals surface area contributed by atoms with Gasteiger partial charge in [0.2, 0.25) is 0 Å². The zero-order valence-electron chi connectivity index (χ0n) is 15.0. The van der Waals surface area contributed by atoms with E-state index >= 15 is 0 Å². The minimum Gasteiger partial charge on any atom is -0.497 e. The fourth-order valence-corrected chi connectivity index (χ4v) is 2.48. The average Bonchev–Trinajstić information content (AvgIpc) is 2.72. The lowest BCUT2D eigenvalue weighted by Crippen LogP contribution is -2.04. The van der Waals surface area contributed by atoms with E-state index in [4.69, 9.17) is 9.47 Å². The molecule has 0 saturated heterocycles. The van der Waals surface area contributed by atoms with E-state index in [-0.39, 0.29) is 0 Å². The van der Waals surface area contributed by atoms with Crippen molar-refractivity contribution >= 4 is 11.4 Å². The van der Waals surface area contributed by atoms with Gasteiger partial charge in [0.25, 0.3) is 0 Å². The van der Waals surface area contributed by atoms with Gasteiger partial charge in [0.15, 0.2) is 0 Å². The summed E-state index contributed by atoms with van der Waals surface area (Å²) < 4.78 is 10.3. The molecule has 0 fully saturated rings. The SMILES string of the molecule is COc1ccc(NCc2ccc(CNc3ccc(OC)cc3)nc2)cc1. The van der Waals surface area contributed by atoms with Gasteiger partial charge in [0.05, 0.1) is 26.5 Å². The molecule has 1 aromatic heterocycles. The third-order valence-corrected chi connectivity index (χ3v) is 4.04. The van der Waals surface area contributed by atoms with Crippen molar-refractivity contribution in [2.45, 2.75) is 13.1 Å². The van der Waals surface area contributed by atoms with E-state index in [0.29, 0.717) is 6.54 Å². The number of nitrogens with zero attached hydrogens (tertiary/aromatic N) is 1. The molecule has 0 saturated carbocycles. The Morgan fingerprint density at radius 2 is 1.23 bits per heavy atom. The molecule has 3 rings (SSSR count). The molecule has 2 aromatic carbocycles. The molecule has 0 aliphatic heterocycles. The summed E-state index contributed by atoms with van der Waals surface area (Å²) in [7, 11) is 3.33. The van der Waals surface area contributed by atoms with Crippen LogP contribution in [-0.4, -0.2) is 19.2 Å². The van der Waals surface area contributed by atoms with Gasteiger partial charge in [0, 0.05) is 24.1 Å². The maximum absolute atomic E-state index is 5.16. The molecule has 0 radical (unpaired) electrons. The summed E-state index contributed by atoms with van der Waals surface area (Å²) in [4.78, 5) is 4.52. The van der Waals surface area contributed by atoms with Crippen LogP contribution in [0.3, 0.4) is 0 Å². The highest BCUT2D eigenvalue weighted by Gasteiger charge is 1.99. The molecule has 0 aliphatic rings. The minimum absolute atomic E-state index is 0.679. The number of anilines is 2. The number of ether oxygens (including phenoxy) is 2. The molecule has 0 amide bonds. The predicted molar refractivity (Wildman–Crippen MR) is 105 cm³/mol. The number of rotatable bonds is 8. The Kier molecular flexibility index (Phi) is 5.93. The molecule has 5 nitrogen and oxygen atoms in total. The van der Waals surface area contributed by atoms with Gasteiger partial charge in [-0.25, -0.2) is 0 Å². The van der Waals surface area contributed by atoms with Crippen molar-refractivity contribution < 1.29 is 9.47 Å². The first-order valence-electron chi connectivity index (χ1n) is 8.46. The minimum atomic E-state index is 0.679. The van der Waals surface area contributed by atoms with Crippen LogP contribution < -0.4 is 20.1 Å². The van der Waals surface area contributed by atoms with Crippen LogP contribution >= 0.6 is 0 Å². The van der Waals surface area contributed by atoms with Gasteiger partial charge in [-0.3, -0.25) is 4.98 Å². The smallest absolute Gasteiger partial charge is 0.119 e. The van der Waals surface area contributed by atoms with Crippen molar-refractivity contribution in [2.24, 2.45) is 0 Å². The van der Waals surface area contributed by atoms with Crippen molar-refractivity contribution in [2.75, 3.05) is 24.9 Å². The molecular formula is C21H23N3O2. The topological polar surface area (TPSA) is 55.4 Å². The highest BCUT2D eigenvalue weighted by Crippen LogP contribution is 2.17. The largest absolute Gasteiger partial charge is 0.497 e. The fourth-order valence-electron chi connectivity index (χ4n) is 2.48. The van der Waals surface area contributed by atoms with Crippen molar-refractivity contribution in [3.8, 4) is 11.5 Å². The second-order valence-corrected chi connectivity index (χ2v) is 5.82. The third-order valence-electron chi connectivity index (χ3n) is 4.04. The van der Waals surface area contributed by atoms with Crippen LogP contribution in [0, 0.1) is 0 Å². The number of methoxy groups -OCH3 is 2. The van der Waals surface area contributed by atoms with Crippen molar-refractivity contribution in [1.82, 2.24) is 4.98 Å². The standard InChI is InChI=1S/C21H23N3O2/c1-25-20-9-5-17(6-10-20)22-13-16-3-4-19(23-14-16)15-24-18-7-11-21(26-2)12-8-18/h3-12,14,22,24H,13,15H2,1-2H3. The monoisotopic (exact) mass is 349 g/mol. The Hall–Kier alpha value is -3.21. The molecule has 0 spiro atoms. The van der Waals surface area contributed by atoms with Gasteiger partial charge in [-0.05, 0) is 60.2 Å². The summed E-state index contributed by atoms with van der Waals surface area (Å²) in [5, 5.41) is 6.73. The summed E-state index contributed by atoms with van der Waals surface area (Å²) in [5.74, 6) is 1.70. The molecule has 3 aromatic rings. The molecule has 0 bridgehead atoms. The van der Waals surface area contributed by atoms with Gasteiger partial charge >= 0.3 is 0 Å². The number of hydrogen-bond donors (Lipinski definition) is 2. The van der Waals surface area contributed by atoms with Crippen LogP contribution in [0.2, 0.25) is 0 Å². The number of pyridine rings is 1. The van der Waals surface area contributed by atoms with E-state index in [1.54, 1.807) is 14.2 Å². The molecule has 0 atom stereocenters. The molecule has 0 unspecified atom stereocenters. The van der Waals surface area contributed by atoms with E-state index < -0.39 is 0 Å². The second-order valence-electron chi connectivity index (χ2n) is 5.82. The second kappa shape index (κ2) is 8.76. The molecule has 1 heterocycles. The molecule has 134 valence electrons. The van der Waals surface area contributed by atoms with Gasteiger partial charge in [0.1, 0.15) is 11.5 Å². The molecule has 26 heavy (non-hydrogen) atoms. The maximum Gasteiger partial charge on any atom is 0.119 e. The Bertz CT molecular complexity index is 730. The molecular weight excluding hydrogens is 326 g/mol. The average molecular weight is 349 g/mol. The van der Waals surface area contributed by atoms with Crippen LogP contribution in [0.4, 0.5) is 11.4 Å². The summed E-state index contributed by atoms with van der Waals surface area (Å²) in [6.45, 7) is 1.41. The number of nitrogens with one attached hydrogen (secondary N) is 2.